The van der Waals surface area contributed by atoms with Gasteiger partial charge in [-0.2, -0.15) is 0 Å². The number of hydrogen-bond acceptors (Lipinski definition) is 2. The van der Waals surface area contributed by atoms with E-state index >= 15 is 0 Å². The molecule has 2 heteroatoms. The van der Waals surface area contributed by atoms with Gasteiger partial charge in [-0.3, -0.25) is 0 Å². The fourth-order valence-electron chi connectivity index (χ4n) is 1.54. The fraction of sp³-hybridized carbons (Fsp3) is 1.00. The summed E-state index contributed by atoms with van der Waals surface area (Å²) in [6, 6.07) is 0. The zero-order valence-corrected chi connectivity index (χ0v) is 6.62. The Hall–Kier alpha value is -0.0800. The summed E-state index contributed by atoms with van der Waals surface area (Å²) in [5.74, 6) is 0.539. The lowest BCUT2D eigenvalue weighted by Gasteiger charge is -2.33. The van der Waals surface area contributed by atoms with Gasteiger partial charge in [-0.05, 0) is 24.7 Å². The van der Waals surface area contributed by atoms with E-state index in [1.165, 1.54) is 0 Å². The molecule has 0 heterocycles. The molecule has 60 valence electrons. The predicted molar refractivity (Wildman–Crippen MR) is 39.6 cm³/mol. The molecular formula is C8H16O2. The first kappa shape index (κ1) is 8.02. The lowest BCUT2D eigenvalue weighted by atomic mass is 9.79. The van der Waals surface area contributed by atoms with Crippen molar-refractivity contribution in [1.29, 1.82) is 0 Å². The van der Waals surface area contributed by atoms with Crippen LogP contribution >= 0.6 is 0 Å². The van der Waals surface area contributed by atoms with Crippen molar-refractivity contribution < 1.29 is 10.2 Å². The van der Waals surface area contributed by atoms with Crippen LogP contribution in [0.4, 0.5) is 0 Å². The Morgan fingerprint density at radius 2 is 1.20 bits per heavy atom. The zero-order valence-electron chi connectivity index (χ0n) is 6.62. The Bertz CT molecular complexity index is 99.8. The molecule has 0 amide bonds. The average Bonchev–Trinajstić information content (AvgIpc) is 1.93. The Labute approximate surface area is 61.9 Å². The highest BCUT2D eigenvalue weighted by molar-refractivity contribution is 4.82. The summed E-state index contributed by atoms with van der Waals surface area (Å²) in [4.78, 5) is 0. The lowest BCUT2D eigenvalue weighted by Crippen LogP contribution is -2.41. The molecule has 1 aliphatic carbocycles. The van der Waals surface area contributed by atoms with Crippen molar-refractivity contribution in [3.8, 4) is 0 Å². The smallest absolute Gasteiger partial charge is 0.0827 e. The minimum absolute atomic E-state index is 0.270. The van der Waals surface area contributed by atoms with Gasteiger partial charge in [-0.15, -0.1) is 0 Å². The van der Waals surface area contributed by atoms with Crippen molar-refractivity contribution in [1.82, 2.24) is 0 Å². The van der Waals surface area contributed by atoms with Crippen LogP contribution in [-0.4, -0.2) is 22.4 Å². The molecule has 0 aromatic heterocycles. The van der Waals surface area contributed by atoms with Crippen molar-refractivity contribution in [3.05, 3.63) is 0 Å². The van der Waals surface area contributed by atoms with E-state index in [9.17, 15) is 10.2 Å². The van der Waals surface area contributed by atoms with Gasteiger partial charge in [0.1, 0.15) is 0 Å². The molecule has 0 radical (unpaired) electrons. The van der Waals surface area contributed by atoms with Crippen molar-refractivity contribution in [2.75, 3.05) is 0 Å². The van der Waals surface area contributed by atoms with Crippen LogP contribution in [0.25, 0.3) is 0 Å². The highest BCUT2D eigenvalue weighted by Crippen LogP contribution is 2.28. The van der Waals surface area contributed by atoms with E-state index in [1.54, 1.807) is 0 Å². The Morgan fingerprint density at radius 1 is 0.900 bits per heavy atom. The minimum Gasteiger partial charge on any atom is -0.390 e. The zero-order chi connectivity index (χ0) is 7.72. The molecule has 0 aromatic carbocycles. The van der Waals surface area contributed by atoms with Crippen molar-refractivity contribution in [2.45, 2.75) is 38.9 Å². The van der Waals surface area contributed by atoms with Crippen LogP contribution in [-0.2, 0) is 0 Å². The highest BCUT2D eigenvalue weighted by Gasteiger charge is 2.32. The largest absolute Gasteiger partial charge is 0.390 e. The van der Waals surface area contributed by atoms with E-state index in [0.717, 1.165) is 12.8 Å². The summed E-state index contributed by atoms with van der Waals surface area (Å²) < 4.78 is 0. The molecule has 0 spiro atoms. The normalized spacial score (nSPS) is 49.2. The van der Waals surface area contributed by atoms with E-state index < -0.39 is 12.2 Å². The number of hydrogen-bond donors (Lipinski definition) is 2. The lowest BCUT2D eigenvalue weighted by molar-refractivity contribution is -0.0671. The maximum Gasteiger partial charge on any atom is 0.0827 e. The van der Waals surface area contributed by atoms with Crippen molar-refractivity contribution in [2.24, 2.45) is 11.8 Å². The van der Waals surface area contributed by atoms with Crippen LogP contribution in [0.3, 0.4) is 0 Å². The molecule has 0 saturated heterocycles. The Kier molecular flexibility index (Phi) is 2.32. The maximum absolute atomic E-state index is 9.37. The first-order valence-electron chi connectivity index (χ1n) is 3.99. The van der Waals surface area contributed by atoms with Gasteiger partial charge in [-0.1, -0.05) is 13.8 Å². The molecule has 2 nitrogen and oxygen atoms in total. The van der Waals surface area contributed by atoms with Gasteiger partial charge in [0.05, 0.1) is 12.2 Å². The minimum atomic E-state index is -0.497. The third kappa shape index (κ3) is 1.32. The molecule has 1 rings (SSSR count). The van der Waals surface area contributed by atoms with Gasteiger partial charge in [0.2, 0.25) is 0 Å². The summed E-state index contributed by atoms with van der Waals surface area (Å²) in [6.07, 6.45) is 1.09. The van der Waals surface area contributed by atoms with Crippen molar-refractivity contribution in [3.63, 3.8) is 0 Å². The number of aliphatic hydroxyl groups is 2. The average molecular weight is 144 g/mol. The first-order valence-corrected chi connectivity index (χ1v) is 3.99. The molecule has 10 heavy (non-hydrogen) atoms. The molecule has 0 aromatic rings. The SMILES string of the molecule is CC1CCC(C)C(O)C1O. The summed E-state index contributed by atoms with van der Waals surface area (Å²) in [5, 5.41) is 18.7. The summed E-state index contributed by atoms with van der Waals surface area (Å²) in [7, 11) is 0. The van der Waals surface area contributed by atoms with E-state index in [0.29, 0.717) is 0 Å². The van der Waals surface area contributed by atoms with Gasteiger partial charge in [0.25, 0.3) is 0 Å². The van der Waals surface area contributed by atoms with E-state index in [1.807, 2.05) is 13.8 Å². The van der Waals surface area contributed by atoms with Gasteiger partial charge < -0.3 is 10.2 Å². The van der Waals surface area contributed by atoms with E-state index in [4.69, 9.17) is 0 Å². The molecule has 0 bridgehead atoms. The van der Waals surface area contributed by atoms with Crippen LogP contribution in [0.1, 0.15) is 26.7 Å². The quantitative estimate of drug-likeness (QED) is 0.527. The standard InChI is InChI=1S/C8H16O2/c1-5-3-4-6(2)8(10)7(5)9/h5-10H,3-4H2,1-2H3. The van der Waals surface area contributed by atoms with Crippen LogP contribution < -0.4 is 0 Å². The second-order valence-electron chi connectivity index (χ2n) is 3.51. The van der Waals surface area contributed by atoms with Crippen molar-refractivity contribution >= 4 is 0 Å². The van der Waals surface area contributed by atoms with Gasteiger partial charge in [0.15, 0.2) is 0 Å². The number of aliphatic hydroxyl groups excluding tert-OH is 2. The monoisotopic (exact) mass is 144 g/mol. The molecule has 1 saturated carbocycles. The number of rotatable bonds is 0. The molecule has 0 aliphatic heterocycles. The molecule has 2 N–H and O–H groups in total. The molecule has 4 unspecified atom stereocenters. The predicted octanol–water partition coefficient (Wildman–Crippen LogP) is 0.774. The van der Waals surface area contributed by atoms with Crippen LogP contribution in [0.2, 0.25) is 0 Å². The van der Waals surface area contributed by atoms with E-state index in [-0.39, 0.29) is 11.8 Å². The first-order chi connectivity index (χ1) is 4.63. The molecule has 1 aliphatic rings. The van der Waals surface area contributed by atoms with Gasteiger partial charge in [-0.25, -0.2) is 0 Å². The third-order valence-corrected chi connectivity index (χ3v) is 2.59. The Balaban J connectivity index is 2.52. The van der Waals surface area contributed by atoms with Crippen LogP contribution in [0, 0.1) is 11.8 Å². The summed E-state index contributed by atoms with van der Waals surface area (Å²) in [5.41, 5.74) is 0. The van der Waals surface area contributed by atoms with E-state index in [2.05, 4.69) is 0 Å². The second-order valence-corrected chi connectivity index (χ2v) is 3.51. The van der Waals surface area contributed by atoms with Crippen LogP contribution in [0.15, 0.2) is 0 Å². The maximum atomic E-state index is 9.37. The van der Waals surface area contributed by atoms with Gasteiger partial charge >= 0.3 is 0 Å². The Morgan fingerprint density at radius 3 is 1.50 bits per heavy atom. The molecule has 4 atom stereocenters. The molecule has 1 fully saturated rings. The molecular weight excluding hydrogens is 128 g/mol. The van der Waals surface area contributed by atoms with Crippen LogP contribution in [0.5, 0.6) is 0 Å². The topological polar surface area (TPSA) is 40.5 Å². The van der Waals surface area contributed by atoms with Gasteiger partial charge in [0, 0.05) is 0 Å². The summed E-state index contributed by atoms with van der Waals surface area (Å²) >= 11 is 0. The summed E-state index contributed by atoms with van der Waals surface area (Å²) in [6.45, 7) is 3.97. The fourth-order valence-corrected chi connectivity index (χ4v) is 1.54. The third-order valence-electron chi connectivity index (χ3n) is 2.59. The highest BCUT2D eigenvalue weighted by atomic mass is 16.3. The second kappa shape index (κ2) is 2.89.